The quantitative estimate of drug-likeness (QED) is 0.142. The Bertz CT molecular complexity index is 2000. The van der Waals surface area contributed by atoms with E-state index in [4.69, 9.17) is 23.7 Å². The van der Waals surface area contributed by atoms with Crippen LogP contribution < -0.4 is 5.32 Å². The lowest BCUT2D eigenvalue weighted by Gasteiger charge is -2.47. The maximum atomic E-state index is 17.0. The number of likely N-dealkylation sites (N-methyl/N-ethyl adjacent to an activating group) is 1. The Hall–Kier alpha value is -3.65. The van der Waals surface area contributed by atoms with E-state index in [1.807, 2.05) is 70.2 Å². The Labute approximate surface area is 368 Å². The maximum Gasteiger partial charge on any atom is 0.410 e. The number of amides is 1. The number of hydrogen-bond donors (Lipinski definition) is 2. The average molecular weight is 888 g/mol. The third kappa shape index (κ3) is 9.71. The van der Waals surface area contributed by atoms with Crippen LogP contribution in [0.4, 0.5) is 9.18 Å². The minimum atomic E-state index is -3.13. The summed E-state index contributed by atoms with van der Waals surface area (Å²) in [6.07, 6.45) is -1.23. The van der Waals surface area contributed by atoms with E-state index in [0.717, 1.165) is 22.1 Å². The van der Waals surface area contributed by atoms with Gasteiger partial charge >= 0.3 is 12.1 Å². The van der Waals surface area contributed by atoms with Gasteiger partial charge in [0.1, 0.15) is 22.9 Å². The number of aliphatic hydroxyl groups excluding tert-OH is 1. The first-order valence-corrected chi connectivity index (χ1v) is 22.7. The number of aliphatic hydroxyl groups is 1. The molecule has 1 aromatic carbocycles. The highest BCUT2D eigenvalue weighted by molar-refractivity contribution is 7.21. The molecule has 0 aliphatic carbocycles. The lowest BCUT2D eigenvalue weighted by atomic mass is 9.78. The number of thiazole rings is 1. The highest BCUT2D eigenvalue weighted by Gasteiger charge is 2.60. The monoisotopic (exact) mass is 887 g/mol. The molecule has 16 nitrogen and oxygen atoms in total. The first-order chi connectivity index (χ1) is 29.2. The summed E-state index contributed by atoms with van der Waals surface area (Å²) in [5.74, 6) is -3.85. The summed E-state index contributed by atoms with van der Waals surface area (Å²) in [5, 5.41) is 24.5. The lowest BCUT2D eigenvalue weighted by Crippen LogP contribution is -2.61. The number of ether oxygens (including phenoxy) is 5. The fourth-order valence-electron chi connectivity index (χ4n) is 9.71. The van der Waals surface area contributed by atoms with Gasteiger partial charge in [-0.1, -0.05) is 38.1 Å². The van der Waals surface area contributed by atoms with Gasteiger partial charge in [-0.05, 0) is 105 Å². The molecule has 0 saturated carbocycles. The van der Waals surface area contributed by atoms with Crippen molar-refractivity contribution in [3.8, 4) is 10.7 Å². The molecule has 5 heterocycles. The van der Waals surface area contributed by atoms with Gasteiger partial charge in [0.05, 0.1) is 40.3 Å². The highest BCUT2D eigenvalue weighted by Crippen LogP contribution is 2.41. The number of nitrogens with zero attached hydrogens (tertiary/aromatic N) is 6. The molecule has 18 heteroatoms. The van der Waals surface area contributed by atoms with Crippen molar-refractivity contribution in [3.63, 3.8) is 0 Å². The van der Waals surface area contributed by atoms with Crippen LogP contribution >= 0.6 is 11.3 Å². The van der Waals surface area contributed by atoms with Gasteiger partial charge in [-0.2, -0.15) is 0 Å². The molecule has 0 radical (unpaired) electrons. The molecule has 3 aromatic rings. The zero-order valence-corrected chi connectivity index (χ0v) is 38.8. The van der Waals surface area contributed by atoms with Crippen molar-refractivity contribution in [2.75, 3.05) is 34.3 Å². The number of fused-ring (bicyclic) bond motifs is 2. The molecule has 3 aliphatic rings. The number of benzene rings is 1. The summed E-state index contributed by atoms with van der Waals surface area (Å²) in [6.45, 7) is 14.8. The molecule has 3 unspecified atom stereocenters. The van der Waals surface area contributed by atoms with Crippen molar-refractivity contribution in [1.82, 2.24) is 35.1 Å². The lowest BCUT2D eigenvalue weighted by molar-refractivity contribution is -0.295. The fourth-order valence-corrected chi connectivity index (χ4v) is 10.6. The summed E-state index contributed by atoms with van der Waals surface area (Å²) in [5.41, 5.74) is -4.18. The Balaban J connectivity index is 1.23. The molecule has 6 rings (SSSR count). The minimum Gasteiger partial charge on any atom is -0.455 e. The Morgan fingerprint density at radius 2 is 1.79 bits per heavy atom. The van der Waals surface area contributed by atoms with Crippen LogP contribution in [-0.4, -0.2) is 153 Å². The molecule has 1 amide bonds. The number of aryl methyl sites for hydroxylation is 1. The highest BCUT2D eigenvalue weighted by atomic mass is 32.1. The average Bonchev–Trinajstić information content (AvgIpc) is 3.95. The second-order valence-electron chi connectivity index (χ2n) is 18.4. The number of methoxy groups -OCH3 is 1. The van der Waals surface area contributed by atoms with Crippen molar-refractivity contribution in [2.45, 2.75) is 160 Å². The van der Waals surface area contributed by atoms with Gasteiger partial charge in [0, 0.05) is 38.2 Å². The number of carbonyl (C=O) groups is 3. The number of unbranched alkanes of at least 4 members (excludes halogenated alkanes) is 1. The minimum absolute atomic E-state index is 0.115. The number of hydrogen-bond acceptors (Lipinski definition) is 15. The van der Waals surface area contributed by atoms with E-state index >= 15 is 4.39 Å². The standard InChI is InChI=1S/C44H66FN7O9S/c1-12-33-44(8)35(52(41(56)61-44)20-16-15-19-51-24-30(48-49-51)38-47-29-17-13-14-18-32(29)62-38)28(5)46-23-25(2)22-42(6,57-11)37(27(4)36(54)43(7,45)40(55)59-33)60-39-34(53)31(50(9)10)21-26(3)58-39/h13-14,17-18,24-28,31,33-35,37,39,46,53H,12,15-16,19-23H2,1-11H3/t25-,26-,27+,28-,31?,33-,34?,35-,37-,39+,42-,43?,44-/m1/s1. The van der Waals surface area contributed by atoms with Crippen molar-refractivity contribution in [2.24, 2.45) is 11.8 Å². The van der Waals surface area contributed by atoms with Gasteiger partial charge in [0.2, 0.25) is 0 Å². The third-order valence-electron chi connectivity index (χ3n) is 13.2. The number of halogens is 1. The van der Waals surface area contributed by atoms with E-state index in [-0.39, 0.29) is 24.5 Å². The van der Waals surface area contributed by atoms with Crippen LogP contribution in [0, 0.1) is 11.8 Å². The number of cyclic esters (lactones) is 1. The molecule has 0 bridgehead atoms. The fraction of sp³-hybridized carbons (Fsp3) is 0.727. The van der Waals surface area contributed by atoms with E-state index in [2.05, 4.69) is 20.6 Å². The van der Waals surface area contributed by atoms with Crippen LogP contribution in [-0.2, 0) is 39.8 Å². The van der Waals surface area contributed by atoms with Gasteiger partial charge in [-0.15, -0.1) is 16.4 Å². The molecule has 3 saturated heterocycles. The van der Waals surface area contributed by atoms with Crippen molar-refractivity contribution in [1.29, 1.82) is 0 Å². The van der Waals surface area contributed by atoms with Crippen LogP contribution in [0.1, 0.15) is 87.5 Å². The SMILES string of the molecule is CC[C@H]1OC(=O)C(C)(F)C(=O)[C@H](C)[C@@H](O[C@@H]2O[C@H](C)CC(N(C)C)C2O)[C@](C)(OC)C[C@@H](C)CN[C@H](C)[C@H]2N(CCCCn3cc(-c4nc5ccccc5s4)nn3)C(=O)O[C@]12C. The molecule has 2 N–H and O–H groups in total. The predicted octanol–water partition coefficient (Wildman–Crippen LogP) is 5.40. The van der Waals surface area contributed by atoms with Crippen LogP contribution in [0.3, 0.4) is 0 Å². The topological polar surface area (TPSA) is 180 Å². The number of carbonyl (C=O) groups excluding carboxylic acids is 3. The van der Waals surface area contributed by atoms with E-state index in [9.17, 15) is 19.5 Å². The van der Waals surface area contributed by atoms with E-state index in [0.29, 0.717) is 51.0 Å². The molecule has 13 atom stereocenters. The van der Waals surface area contributed by atoms with Gasteiger partial charge < -0.3 is 39.0 Å². The Morgan fingerprint density at radius 3 is 2.47 bits per heavy atom. The third-order valence-corrected chi connectivity index (χ3v) is 14.2. The van der Waals surface area contributed by atoms with Gasteiger partial charge in [-0.3, -0.25) is 14.4 Å². The number of aromatic nitrogens is 4. The molecule has 3 aliphatic heterocycles. The van der Waals surface area contributed by atoms with Crippen LogP contribution in [0.2, 0.25) is 0 Å². The number of ketones is 1. The summed E-state index contributed by atoms with van der Waals surface area (Å²) < 4.78 is 50.8. The second-order valence-corrected chi connectivity index (χ2v) is 19.4. The number of alkyl halides is 1. The van der Waals surface area contributed by atoms with Crippen molar-refractivity contribution < 1.29 is 47.6 Å². The summed E-state index contributed by atoms with van der Waals surface area (Å²) >= 11 is 1.56. The Kier molecular flexibility index (Phi) is 14.8. The van der Waals surface area contributed by atoms with E-state index < -0.39 is 77.3 Å². The second kappa shape index (κ2) is 19.2. The summed E-state index contributed by atoms with van der Waals surface area (Å²) in [7, 11) is 5.21. The number of esters is 1. The normalized spacial score (nSPS) is 36.6. The first-order valence-electron chi connectivity index (χ1n) is 21.9. The predicted molar refractivity (Wildman–Crippen MR) is 231 cm³/mol. The molecule has 2 aromatic heterocycles. The molecular weight excluding hydrogens is 822 g/mol. The maximum absolute atomic E-state index is 17.0. The van der Waals surface area contributed by atoms with E-state index in [1.165, 1.54) is 14.0 Å². The molecule has 62 heavy (non-hydrogen) atoms. The zero-order chi connectivity index (χ0) is 45.3. The zero-order valence-electron chi connectivity index (χ0n) is 38.0. The number of nitrogens with one attached hydrogen (secondary N) is 1. The van der Waals surface area contributed by atoms with Gasteiger partial charge in [0.15, 0.2) is 17.7 Å². The van der Waals surface area contributed by atoms with Gasteiger partial charge in [-0.25, -0.2) is 19.0 Å². The molecule has 344 valence electrons. The smallest absolute Gasteiger partial charge is 0.410 e. The molecular formula is C44H66FN7O9S. The first kappa shape index (κ1) is 47.8. The molecule has 3 fully saturated rings. The largest absolute Gasteiger partial charge is 0.455 e. The van der Waals surface area contributed by atoms with Gasteiger partial charge in [0.25, 0.3) is 5.67 Å². The van der Waals surface area contributed by atoms with Crippen LogP contribution in [0.5, 0.6) is 0 Å². The number of Topliss-reactive ketones (excluding diaryl/α,β-unsaturated/α-hetero) is 1. The number of rotatable bonds is 11. The van der Waals surface area contributed by atoms with Crippen LogP contribution in [0.15, 0.2) is 30.5 Å². The number of para-hydroxylation sites is 1. The summed E-state index contributed by atoms with van der Waals surface area (Å²) in [6, 6.07) is 6.56. The Morgan fingerprint density at radius 1 is 1.08 bits per heavy atom. The van der Waals surface area contributed by atoms with Crippen molar-refractivity contribution in [3.05, 3.63) is 30.5 Å². The van der Waals surface area contributed by atoms with E-state index in [1.54, 1.807) is 41.7 Å². The summed E-state index contributed by atoms with van der Waals surface area (Å²) in [4.78, 5) is 50.4. The molecule has 0 spiro atoms. The van der Waals surface area contributed by atoms with Crippen LogP contribution in [0.25, 0.3) is 20.9 Å². The van der Waals surface area contributed by atoms with Crippen molar-refractivity contribution >= 4 is 39.4 Å².